The first-order valence-corrected chi connectivity index (χ1v) is 35.2. The zero-order valence-corrected chi connectivity index (χ0v) is 60.1. The van der Waals surface area contributed by atoms with Gasteiger partial charge in [-0.25, -0.2) is 0 Å². The minimum absolute atomic E-state index is 0.0252. The molecule has 0 aromatic carbocycles. The fraction of sp³-hybridized carbons (Fsp3) is 0.848. The lowest BCUT2D eigenvalue weighted by molar-refractivity contribution is -0.132. The lowest BCUT2D eigenvalue weighted by Crippen LogP contribution is -2.41. The van der Waals surface area contributed by atoms with Crippen LogP contribution in [0.3, 0.4) is 0 Å². The van der Waals surface area contributed by atoms with Gasteiger partial charge in [0.15, 0.2) is 0 Å². The Morgan fingerprint density at radius 1 is 0.470 bits per heavy atom. The van der Waals surface area contributed by atoms with Crippen molar-refractivity contribution in [2.24, 2.45) is 154 Å². The van der Waals surface area contributed by atoms with Crippen LogP contribution in [0.2, 0.25) is 0 Å². The molecule has 0 radical (unpaired) electrons. The lowest BCUT2D eigenvalue weighted by atomic mass is 9.59. The average Bonchev–Trinajstić information content (AvgIpc) is 3.40. The molecule has 1 rings (SSSR count). The van der Waals surface area contributed by atoms with Crippen LogP contribution < -0.4 is 0 Å². The average molecular weight is 1160 g/mol. The highest BCUT2D eigenvalue weighted by Crippen LogP contribution is 2.49. The van der Waals surface area contributed by atoms with E-state index in [2.05, 4.69) is 187 Å². The number of carbonyl (C=O) groups is 4. The van der Waals surface area contributed by atoms with Crippen molar-refractivity contribution in [1.29, 1.82) is 0 Å². The second kappa shape index (κ2) is 37.5. The van der Waals surface area contributed by atoms with E-state index in [1.807, 2.05) is 0 Å². The normalized spacial score (nSPS) is 34.5. The zero-order chi connectivity index (χ0) is 64.2. The van der Waals surface area contributed by atoms with Crippen LogP contribution in [0, 0.1) is 154 Å². The molecule has 1 saturated carbocycles. The second-order valence-electron chi connectivity index (χ2n) is 32.1. The zero-order valence-electron chi connectivity index (χ0n) is 60.1. The van der Waals surface area contributed by atoms with Gasteiger partial charge >= 0.3 is 0 Å². The summed E-state index contributed by atoms with van der Waals surface area (Å²) >= 11 is 0. The number of Topliss-reactive ketones (excluding diaryl/α,β-unsaturated/α-hetero) is 4. The molecule has 1 aliphatic rings. The second-order valence-corrected chi connectivity index (χ2v) is 32.1. The SMILES string of the molecule is C=C1CC(C)C(=O)C(CC)CC(C)C(C(C)[C@H](C)CCCC)C(C)C(=C)C(C(C)C)C(C)C(C)[C@H](CC(C)C)C(C)C(=O)[C@H](CC(C)C)C(C)C(C)C(C)CC(=C)C(C)CC(=C)C(CC(C)C)CC(=O)C(C(C)C)CC(=O)[C@H](CC(C)C)C1. The molecule has 0 bridgehead atoms. The highest BCUT2D eigenvalue weighted by molar-refractivity contribution is 5.90. The van der Waals surface area contributed by atoms with Gasteiger partial charge in [-0.3, -0.25) is 19.2 Å². The summed E-state index contributed by atoms with van der Waals surface area (Å²) in [6.45, 7) is 79.5. The molecule has 4 heteroatoms. The molecule has 0 spiro atoms. The number of hydrogen-bond acceptors (Lipinski definition) is 4. The van der Waals surface area contributed by atoms with Crippen LogP contribution in [0.5, 0.6) is 0 Å². The molecule has 83 heavy (non-hydrogen) atoms. The smallest absolute Gasteiger partial charge is 0.139 e. The van der Waals surface area contributed by atoms with E-state index in [1.54, 1.807) is 0 Å². The number of hydrogen-bond donors (Lipinski definition) is 0. The molecular formula is C79H142O4. The largest absolute Gasteiger partial charge is 0.299 e. The number of carbonyl (C=O) groups excluding carboxylic acids is 4. The van der Waals surface area contributed by atoms with Crippen molar-refractivity contribution < 1.29 is 19.2 Å². The molecular weight excluding hydrogens is 1010 g/mol. The standard InChI is InChI=1S/C79H142O4/c1-31-33-34-53(16)61(24)77-58(21)43-68(32-2)78(82)59(22)39-52(15)40-70(36-47(5)6)74(80)45-71(50(11)12)75(81)44-69(35-46(3)4)57(20)42-55(18)54(17)41-56(19)60(23)62(25)73(38-49(9)10)79(83)67(30)72(37-48(7)8)63(26)64(27)76(51(13)14)65(28)66(77)29/h46-51,53,55-56,58-64,66-73,76-77H,15,17,20,28,31-45H2,1-14,16,18-19,21-27,29-30H3/t53-,55?,56?,58?,59?,60?,61?,62?,63?,64?,66?,67?,68?,69?,70-,71?,72+,73-,76?,77?/m1/s1. The van der Waals surface area contributed by atoms with E-state index in [9.17, 15) is 14.4 Å². The monoisotopic (exact) mass is 1160 g/mol. The van der Waals surface area contributed by atoms with E-state index in [0.29, 0.717) is 108 Å². The Balaban J connectivity index is 4.21. The van der Waals surface area contributed by atoms with Gasteiger partial charge in [0.25, 0.3) is 0 Å². The van der Waals surface area contributed by atoms with E-state index in [-0.39, 0.29) is 94.9 Å². The Morgan fingerprint density at radius 2 is 1.01 bits per heavy atom. The van der Waals surface area contributed by atoms with E-state index in [4.69, 9.17) is 19.7 Å². The topological polar surface area (TPSA) is 68.3 Å². The van der Waals surface area contributed by atoms with Crippen molar-refractivity contribution in [2.75, 3.05) is 0 Å². The van der Waals surface area contributed by atoms with Gasteiger partial charge in [-0.05, 0) is 183 Å². The highest BCUT2D eigenvalue weighted by atomic mass is 16.1. The van der Waals surface area contributed by atoms with Crippen LogP contribution in [-0.4, -0.2) is 23.1 Å². The van der Waals surface area contributed by atoms with Gasteiger partial charge in [-0.2, -0.15) is 0 Å². The Labute approximate surface area is 518 Å². The summed E-state index contributed by atoms with van der Waals surface area (Å²) in [5.74, 6) is 6.23. The summed E-state index contributed by atoms with van der Waals surface area (Å²) in [7, 11) is 0. The number of allylic oxidation sites excluding steroid dienone is 4. The van der Waals surface area contributed by atoms with Gasteiger partial charge in [-0.1, -0.05) is 248 Å². The van der Waals surface area contributed by atoms with Crippen molar-refractivity contribution in [3.8, 4) is 0 Å². The summed E-state index contributed by atoms with van der Waals surface area (Å²) < 4.78 is 0. The molecule has 0 amide bonds. The minimum Gasteiger partial charge on any atom is -0.299 e. The number of unbranched alkanes of at least 4 members (excludes halogenated alkanes) is 1. The van der Waals surface area contributed by atoms with Crippen molar-refractivity contribution in [2.45, 2.75) is 276 Å². The van der Waals surface area contributed by atoms with E-state index in [1.165, 1.54) is 30.4 Å². The van der Waals surface area contributed by atoms with Gasteiger partial charge in [0.05, 0.1) is 0 Å². The summed E-state index contributed by atoms with van der Waals surface area (Å²) in [5, 5.41) is 0. The molecule has 0 saturated heterocycles. The fourth-order valence-electron chi connectivity index (χ4n) is 16.5. The first-order valence-electron chi connectivity index (χ1n) is 35.2. The van der Waals surface area contributed by atoms with Crippen LogP contribution >= 0.6 is 0 Å². The van der Waals surface area contributed by atoms with Gasteiger partial charge in [0, 0.05) is 48.3 Å². The summed E-state index contributed by atoms with van der Waals surface area (Å²) in [6, 6.07) is 0. The molecule has 1 aliphatic carbocycles. The molecule has 0 heterocycles. The van der Waals surface area contributed by atoms with E-state index >= 15 is 4.79 Å². The molecule has 482 valence electrons. The predicted molar refractivity (Wildman–Crippen MR) is 364 cm³/mol. The quantitative estimate of drug-likeness (QED) is 0.144. The first-order chi connectivity index (χ1) is 38.4. The Morgan fingerprint density at radius 3 is 1.51 bits per heavy atom. The Kier molecular flexibility index (Phi) is 35.5. The molecule has 0 N–H and O–H groups in total. The van der Waals surface area contributed by atoms with Crippen LogP contribution in [0.4, 0.5) is 0 Å². The van der Waals surface area contributed by atoms with Gasteiger partial charge < -0.3 is 0 Å². The Bertz CT molecular complexity index is 1990. The third kappa shape index (κ3) is 24.6. The molecule has 4 nitrogen and oxygen atoms in total. The maximum absolute atomic E-state index is 15.6. The molecule has 1 fully saturated rings. The molecule has 16 unspecified atom stereocenters. The summed E-state index contributed by atoms with van der Waals surface area (Å²) in [4.78, 5) is 59.9. The predicted octanol–water partition coefficient (Wildman–Crippen LogP) is 22.9. The maximum atomic E-state index is 15.6. The third-order valence-electron chi connectivity index (χ3n) is 22.5. The van der Waals surface area contributed by atoms with Crippen LogP contribution in [-0.2, 0) is 19.2 Å². The third-order valence-corrected chi connectivity index (χ3v) is 22.5. The summed E-state index contributed by atoms with van der Waals surface area (Å²) in [6.07, 6.45) is 12.2. The maximum Gasteiger partial charge on any atom is 0.139 e. The molecule has 20 atom stereocenters. The van der Waals surface area contributed by atoms with Crippen LogP contribution in [0.1, 0.15) is 276 Å². The lowest BCUT2D eigenvalue weighted by Gasteiger charge is -2.45. The van der Waals surface area contributed by atoms with Crippen molar-refractivity contribution >= 4 is 23.1 Å². The fourth-order valence-corrected chi connectivity index (χ4v) is 16.5. The highest BCUT2D eigenvalue weighted by Gasteiger charge is 2.44. The van der Waals surface area contributed by atoms with Crippen molar-refractivity contribution in [1.82, 2.24) is 0 Å². The first kappa shape index (κ1) is 78.7. The van der Waals surface area contributed by atoms with Crippen LogP contribution in [0.25, 0.3) is 0 Å². The minimum atomic E-state index is -0.365. The molecule has 0 aromatic heterocycles. The van der Waals surface area contributed by atoms with Crippen molar-refractivity contribution in [3.63, 3.8) is 0 Å². The number of ketones is 4. The summed E-state index contributed by atoms with van der Waals surface area (Å²) in [5.41, 5.74) is 4.66. The van der Waals surface area contributed by atoms with E-state index < -0.39 is 0 Å². The van der Waals surface area contributed by atoms with Crippen LogP contribution in [0.15, 0.2) is 48.6 Å². The van der Waals surface area contributed by atoms with Gasteiger partial charge in [0.2, 0.25) is 0 Å². The van der Waals surface area contributed by atoms with E-state index in [0.717, 1.165) is 62.5 Å². The van der Waals surface area contributed by atoms with Crippen molar-refractivity contribution in [3.05, 3.63) is 48.6 Å². The van der Waals surface area contributed by atoms with Gasteiger partial charge in [0.1, 0.15) is 23.1 Å². The molecule has 0 aliphatic heterocycles. The number of rotatable bonds is 16. The van der Waals surface area contributed by atoms with Gasteiger partial charge in [-0.15, -0.1) is 0 Å². The molecule has 0 aromatic rings. The Hall–Kier alpha value is -2.36.